The van der Waals surface area contributed by atoms with Crippen molar-refractivity contribution in [2.75, 3.05) is 32.7 Å². The average molecular weight is 254 g/mol. The van der Waals surface area contributed by atoms with Gasteiger partial charge in [-0.2, -0.15) is 0 Å². The molecule has 0 amide bonds. The van der Waals surface area contributed by atoms with Crippen LogP contribution in [0.15, 0.2) is 24.3 Å². The second-order valence-corrected chi connectivity index (χ2v) is 5.05. The zero-order chi connectivity index (χ0) is 13.0. The van der Waals surface area contributed by atoms with Crippen molar-refractivity contribution in [3.8, 4) is 0 Å². The van der Waals surface area contributed by atoms with E-state index in [4.69, 9.17) is 0 Å². The maximum Gasteiger partial charge on any atom is 0.264 e. The first kappa shape index (κ1) is 13.4. The van der Waals surface area contributed by atoms with Crippen molar-refractivity contribution in [2.45, 2.75) is 19.3 Å². The number of rotatable bonds is 4. The molecule has 1 aromatic carbocycles. The lowest BCUT2D eigenvalue weighted by Gasteiger charge is -2.30. The van der Waals surface area contributed by atoms with Crippen molar-refractivity contribution in [1.29, 1.82) is 0 Å². The van der Waals surface area contributed by atoms with E-state index in [0.29, 0.717) is 13.1 Å². The Hall–Kier alpha value is -1.00. The molecular formula is C14H20F2N2. The van der Waals surface area contributed by atoms with Gasteiger partial charge >= 0.3 is 0 Å². The number of nitrogens with zero attached hydrogens (tertiary/aromatic N) is 1. The highest BCUT2D eigenvalue weighted by molar-refractivity contribution is 5.23. The van der Waals surface area contributed by atoms with Crippen LogP contribution in [0.1, 0.15) is 11.1 Å². The van der Waals surface area contributed by atoms with E-state index in [1.807, 2.05) is 30.0 Å². The summed E-state index contributed by atoms with van der Waals surface area (Å²) in [7, 11) is 0. The maximum absolute atomic E-state index is 14.0. The normalized spacial score (nSPS) is 17.9. The molecule has 18 heavy (non-hydrogen) atoms. The van der Waals surface area contributed by atoms with Crippen LogP contribution in [0.2, 0.25) is 0 Å². The third-order valence-electron chi connectivity index (χ3n) is 3.21. The minimum atomic E-state index is -2.65. The Kier molecular flexibility index (Phi) is 4.30. The number of aryl methyl sites for hydroxylation is 1. The van der Waals surface area contributed by atoms with Crippen molar-refractivity contribution in [3.63, 3.8) is 0 Å². The molecule has 1 N–H and O–H groups in total. The fourth-order valence-corrected chi connectivity index (χ4v) is 2.37. The first-order chi connectivity index (χ1) is 8.55. The molecule has 0 aromatic heterocycles. The Balaban J connectivity index is 1.93. The standard InChI is InChI=1S/C14H20F2N2/c1-12-3-2-4-13(9-12)10-14(15,16)11-18-7-5-17-6-8-18/h2-4,9,17H,5-8,10-11H2,1H3. The van der Waals surface area contributed by atoms with Gasteiger partial charge in [-0.25, -0.2) is 8.78 Å². The first-order valence-corrected chi connectivity index (χ1v) is 6.42. The monoisotopic (exact) mass is 254 g/mol. The maximum atomic E-state index is 14.0. The van der Waals surface area contributed by atoms with Crippen LogP contribution < -0.4 is 5.32 Å². The Bertz CT molecular complexity index is 387. The Morgan fingerprint density at radius 2 is 2.00 bits per heavy atom. The van der Waals surface area contributed by atoms with Gasteiger partial charge in [0.2, 0.25) is 0 Å². The summed E-state index contributed by atoms with van der Waals surface area (Å²) in [6, 6.07) is 7.38. The van der Waals surface area contributed by atoms with Crippen molar-refractivity contribution in [1.82, 2.24) is 10.2 Å². The summed E-state index contributed by atoms with van der Waals surface area (Å²) in [5.74, 6) is -2.65. The van der Waals surface area contributed by atoms with Crippen LogP contribution in [0, 0.1) is 6.92 Å². The molecule has 0 spiro atoms. The van der Waals surface area contributed by atoms with Crippen LogP contribution in [0.25, 0.3) is 0 Å². The van der Waals surface area contributed by atoms with Crippen LogP contribution in [-0.2, 0) is 6.42 Å². The largest absolute Gasteiger partial charge is 0.314 e. The third-order valence-corrected chi connectivity index (χ3v) is 3.21. The average Bonchev–Trinajstić information content (AvgIpc) is 2.28. The van der Waals surface area contributed by atoms with Crippen LogP contribution in [-0.4, -0.2) is 43.5 Å². The van der Waals surface area contributed by atoms with Gasteiger partial charge in [0, 0.05) is 32.6 Å². The molecule has 100 valence electrons. The smallest absolute Gasteiger partial charge is 0.264 e. The van der Waals surface area contributed by atoms with Gasteiger partial charge in [-0.05, 0) is 12.5 Å². The van der Waals surface area contributed by atoms with E-state index in [2.05, 4.69) is 5.32 Å². The zero-order valence-electron chi connectivity index (χ0n) is 10.8. The lowest BCUT2D eigenvalue weighted by molar-refractivity contribution is -0.0337. The molecule has 0 bridgehead atoms. The number of alkyl halides is 2. The molecule has 0 unspecified atom stereocenters. The molecule has 1 fully saturated rings. The van der Waals surface area contributed by atoms with Crippen molar-refractivity contribution >= 4 is 0 Å². The number of benzene rings is 1. The summed E-state index contributed by atoms with van der Waals surface area (Å²) in [5, 5.41) is 3.17. The number of nitrogens with one attached hydrogen (secondary N) is 1. The van der Waals surface area contributed by atoms with Gasteiger partial charge in [0.25, 0.3) is 5.92 Å². The van der Waals surface area contributed by atoms with Crippen molar-refractivity contribution in [2.24, 2.45) is 0 Å². The van der Waals surface area contributed by atoms with Gasteiger partial charge in [-0.1, -0.05) is 29.8 Å². The molecule has 0 saturated carbocycles. The quantitative estimate of drug-likeness (QED) is 0.885. The molecule has 2 rings (SSSR count). The molecule has 1 saturated heterocycles. The minimum absolute atomic E-state index is 0.136. The molecule has 0 atom stereocenters. The summed E-state index contributed by atoms with van der Waals surface area (Å²) in [6.07, 6.45) is -0.168. The molecular weight excluding hydrogens is 234 g/mol. The Labute approximate surface area is 107 Å². The number of hydrogen-bond acceptors (Lipinski definition) is 2. The van der Waals surface area contributed by atoms with E-state index in [9.17, 15) is 8.78 Å². The Morgan fingerprint density at radius 1 is 1.28 bits per heavy atom. The summed E-state index contributed by atoms with van der Waals surface area (Å²) in [5.41, 5.74) is 1.75. The Morgan fingerprint density at radius 3 is 2.67 bits per heavy atom. The molecule has 1 heterocycles. The van der Waals surface area contributed by atoms with Crippen LogP contribution in [0.3, 0.4) is 0 Å². The van der Waals surface area contributed by atoms with Gasteiger partial charge in [0.15, 0.2) is 0 Å². The summed E-state index contributed by atoms with van der Waals surface area (Å²) >= 11 is 0. The molecule has 0 aliphatic carbocycles. The minimum Gasteiger partial charge on any atom is -0.314 e. The number of halogens is 2. The number of piperazine rings is 1. The summed E-state index contributed by atoms with van der Waals surface area (Å²) in [4.78, 5) is 1.84. The zero-order valence-corrected chi connectivity index (χ0v) is 10.8. The van der Waals surface area contributed by atoms with Crippen LogP contribution in [0.5, 0.6) is 0 Å². The van der Waals surface area contributed by atoms with Gasteiger partial charge in [0.05, 0.1) is 6.54 Å². The second-order valence-electron chi connectivity index (χ2n) is 5.05. The SMILES string of the molecule is Cc1cccc(CC(F)(F)CN2CCNCC2)c1. The molecule has 1 aromatic rings. The topological polar surface area (TPSA) is 15.3 Å². The molecule has 4 heteroatoms. The molecule has 0 radical (unpaired) electrons. The van der Waals surface area contributed by atoms with Gasteiger partial charge in [0.1, 0.15) is 0 Å². The first-order valence-electron chi connectivity index (χ1n) is 6.42. The highest BCUT2D eigenvalue weighted by Gasteiger charge is 2.32. The van der Waals surface area contributed by atoms with Crippen LogP contribution >= 0.6 is 0 Å². The van der Waals surface area contributed by atoms with E-state index in [1.54, 1.807) is 6.07 Å². The van der Waals surface area contributed by atoms with Crippen molar-refractivity contribution in [3.05, 3.63) is 35.4 Å². The summed E-state index contributed by atoms with van der Waals surface area (Å²) in [6.45, 7) is 4.83. The second kappa shape index (κ2) is 5.76. The summed E-state index contributed by atoms with van der Waals surface area (Å²) < 4.78 is 27.9. The molecule has 1 aliphatic rings. The predicted octanol–water partition coefficient (Wildman–Crippen LogP) is 2.08. The van der Waals surface area contributed by atoms with Gasteiger partial charge in [-0.3, -0.25) is 4.90 Å². The molecule has 1 aliphatic heterocycles. The van der Waals surface area contributed by atoms with Crippen molar-refractivity contribution < 1.29 is 8.78 Å². The lowest BCUT2D eigenvalue weighted by atomic mass is 10.0. The highest BCUT2D eigenvalue weighted by Crippen LogP contribution is 2.22. The fourth-order valence-electron chi connectivity index (χ4n) is 2.37. The van der Waals surface area contributed by atoms with Gasteiger partial charge < -0.3 is 5.32 Å². The predicted molar refractivity (Wildman–Crippen MR) is 69.1 cm³/mol. The van der Waals surface area contributed by atoms with Gasteiger partial charge in [-0.15, -0.1) is 0 Å². The lowest BCUT2D eigenvalue weighted by Crippen LogP contribution is -2.48. The molecule has 2 nitrogen and oxygen atoms in total. The van der Waals surface area contributed by atoms with E-state index < -0.39 is 5.92 Å². The van der Waals surface area contributed by atoms with E-state index in [1.165, 1.54) is 0 Å². The van der Waals surface area contributed by atoms with E-state index in [0.717, 1.165) is 24.2 Å². The highest BCUT2D eigenvalue weighted by atomic mass is 19.3. The van der Waals surface area contributed by atoms with E-state index >= 15 is 0 Å². The van der Waals surface area contributed by atoms with E-state index in [-0.39, 0.29) is 13.0 Å². The third kappa shape index (κ3) is 4.03. The number of hydrogen-bond donors (Lipinski definition) is 1. The fraction of sp³-hybridized carbons (Fsp3) is 0.571. The van der Waals surface area contributed by atoms with Crippen LogP contribution in [0.4, 0.5) is 8.78 Å².